The van der Waals surface area contributed by atoms with Gasteiger partial charge in [0.1, 0.15) is 0 Å². The Morgan fingerprint density at radius 2 is 0.541 bits per heavy atom. The van der Waals surface area contributed by atoms with E-state index in [-0.39, 0.29) is 0 Å². The maximum atomic E-state index is 13.7. The number of hydrogen-bond acceptors (Lipinski definition) is 2. The molecule has 7 aromatic rings. The van der Waals surface area contributed by atoms with Crippen molar-refractivity contribution in [2.45, 2.75) is 0 Å². The van der Waals surface area contributed by atoms with Crippen LogP contribution in [-0.2, 0) is 0 Å². The molecule has 1 heterocycles. The van der Waals surface area contributed by atoms with Crippen molar-refractivity contribution in [3.63, 3.8) is 0 Å². The topological polar surface area (TPSA) is 26.0 Å². The van der Waals surface area contributed by atoms with E-state index in [4.69, 9.17) is 4.42 Å². The second kappa shape index (κ2) is 19.2. The van der Waals surface area contributed by atoms with Crippen LogP contribution < -0.4 is 0 Å². The minimum atomic E-state index is -2.22. The van der Waals surface area contributed by atoms with Crippen LogP contribution in [0.4, 0.5) is 70.2 Å². The molecule has 0 aliphatic carbocycles. The number of hydrogen-bond donors (Lipinski definition) is 0. The van der Waals surface area contributed by atoms with Crippen LogP contribution in [0.2, 0.25) is 0 Å². The molecule has 61 heavy (non-hydrogen) atoms. The monoisotopic (exact) mass is 1130 g/mol. The van der Waals surface area contributed by atoms with Crippen molar-refractivity contribution in [1.82, 2.24) is 4.98 Å². The Morgan fingerprint density at radius 3 is 0.787 bits per heavy atom. The average molecular weight is 1130 g/mol. The molecule has 318 valence electrons. The molecule has 6 aromatic carbocycles. The molecule has 2 nitrogen and oxygen atoms in total. The second-order valence-corrected chi connectivity index (χ2v) is 14.7. The van der Waals surface area contributed by atoms with E-state index in [2.05, 4.69) is 68.7 Å². The number of aromatic nitrogens is 1. The number of oxazole rings is 1. The zero-order valence-electron chi connectivity index (χ0n) is 28.8. The highest BCUT2D eigenvalue weighted by Gasteiger charge is 2.35. The van der Waals surface area contributed by atoms with Gasteiger partial charge in [-0.25, -0.2) is 75.2 Å². The largest absolute Gasteiger partial charge is 0.436 e. The fourth-order valence-corrected chi connectivity index (χ4v) is 6.41. The molecule has 0 aliphatic rings. The molecule has 0 amide bonds. The fraction of sp³-hybridized carbons (Fsp3) is 0. The predicted molar refractivity (Wildman–Crippen MR) is 201 cm³/mol. The van der Waals surface area contributed by atoms with E-state index < -0.39 is 133 Å². The first kappa shape index (κ1) is 47.4. The van der Waals surface area contributed by atoms with Crippen molar-refractivity contribution in [2.75, 3.05) is 0 Å². The summed E-state index contributed by atoms with van der Waals surface area (Å²) < 4.78 is 217. The van der Waals surface area contributed by atoms with Crippen molar-refractivity contribution < 1.29 is 74.7 Å². The standard InChI is InChI=1S/C15H11NO.2C12Br2F8/c1-3-7-12(8-4-1)14-11-16-15(17-14)13-9-5-2-6-10-13;2*13-3-9(19)5(15)1(6(16)10(3)20)2-7(17)11(21)4(14)12(22)8(2)18/h1-11H;;. The van der Waals surface area contributed by atoms with Gasteiger partial charge in [0.25, 0.3) is 0 Å². The van der Waals surface area contributed by atoms with Gasteiger partial charge < -0.3 is 4.42 Å². The SMILES string of the molecule is Fc1c(F)c(-c2c(F)c(F)c(Br)c(F)c2F)c(F)c(F)c1Br.Fc1c(F)c(-c2c(F)c(F)c(Br)c(F)c2F)c(F)c(F)c1Br.c1ccc(-c2cnc(-c3ccccc3)o2)cc1. The number of halogens is 20. The summed E-state index contributed by atoms with van der Waals surface area (Å²) in [5.41, 5.74) is -5.58. The third kappa shape index (κ3) is 8.99. The first-order chi connectivity index (χ1) is 28.6. The van der Waals surface area contributed by atoms with Crippen LogP contribution >= 0.6 is 63.7 Å². The minimum absolute atomic E-state index is 0.657. The lowest BCUT2D eigenvalue weighted by atomic mass is 10.0. The molecule has 0 atom stereocenters. The third-order valence-corrected chi connectivity index (χ3v) is 10.7. The molecule has 22 heteroatoms. The van der Waals surface area contributed by atoms with Crippen molar-refractivity contribution >= 4 is 63.7 Å². The molecule has 0 aliphatic heterocycles. The lowest BCUT2D eigenvalue weighted by Gasteiger charge is -2.12. The van der Waals surface area contributed by atoms with Gasteiger partial charge in [0.2, 0.25) is 5.89 Å². The second-order valence-electron chi connectivity index (χ2n) is 11.5. The zero-order valence-corrected chi connectivity index (χ0v) is 35.1. The van der Waals surface area contributed by atoms with Crippen LogP contribution in [0.15, 0.2) is 89.2 Å². The van der Waals surface area contributed by atoms with Crippen LogP contribution in [0.5, 0.6) is 0 Å². The molecule has 0 saturated heterocycles. The van der Waals surface area contributed by atoms with E-state index in [0.29, 0.717) is 5.89 Å². The number of nitrogens with zero attached hydrogens (tertiary/aromatic N) is 1. The summed E-state index contributed by atoms with van der Waals surface area (Å²) in [6, 6.07) is 19.9. The van der Waals surface area contributed by atoms with E-state index in [1.54, 1.807) is 6.20 Å². The normalized spacial score (nSPS) is 11.0. The Labute approximate surface area is 364 Å². The smallest absolute Gasteiger partial charge is 0.226 e. The molecule has 1 aromatic heterocycles. The summed E-state index contributed by atoms with van der Waals surface area (Å²) in [6.45, 7) is 0. The van der Waals surface area contributed by atoms with Crippen molar-refractivity contribution in [3.8, 4) is 45.0 Å². The molecule has 0 spiro atoms. The minimum Gasteiger partial charge on any atom is -0.436 e. The van der Waals surface area contributed by atoms with Crippen LogP contribution in [0.25, 0.3) is 45.0 Å². The maximum absolute atomic E-state index is 13.7. The molecule has 0 fully saturated rings. The van der Waals surface area contributed by atoms with Gasteiger partial charge >= 0.3 is 0 Å². The number of rotatable bonds is 4. The van der Waals surface area contributed by atoms with E-state index in [1.807, 2.05) is 60.7 Å². The van der Waals surface area contributed by atoms with Gasteiger partial charge in [-0.15, -0.1) is 0 Å². The zero-order chi connectivity index (χ0) is 45.4. The Hall–Kier alpha value is -4.67. The molecular formula is C39H11Br4F16NO. The van der Waals surface area contributed by atoms with Gasteiger partial charge in [-0.3, -0.25) is 0 Å². The maximum Gasteiger partial charge on any atom is 0.226 e. The number of benzene rings is 6. The fourth-order valence-electron chi connectivity index (χ4n) is 5.02. The van der Waals surface area contributed by atoms with Gasteiger partial charge in [0, 0.05) is 11.1 Å². The summed E-state index contributed by atoms with van der Waals surface area (Å²) in [5, 5.41) is 0. The average Bonchev–Trinajstić information content (AvgIpc) is 3.78. The van der Waals surface area contributed by atoms with Gasteiger partial charge in [0.15, 0.2) is 98.8 Å². The quantitative estimate of drug-likeness (QED) is 0.0997. The Kier molecular flexibility index (Phi) is 14.9. The molecule has 0 N–H and O–H groups in total. The Morgan fingerprint density at radius 1 is 0.311 bits per heavy atom. The predicted octanol–water partition coefficient (Wildman–Crippen LogP) is 16.0. The van der Waals surface area contributed by atoms with Gasteiger partial charge in [0.05, 0.1) is 46.3 Å². The summed E-state index contributed by atoms with van der Waals surface area (Å²) in [6.07, 6.45) is 1.76. The Balaban J connectivity index is 0.000000175. The van der Waals surface area contributed by atoms with Gasteiger partial charge in [-0.1, -0.05) is 48.5 Å². The third-order valence-electron chi connectivity index (χ3n) is 7.92. The summed E-state index contributed by atoms with van der Waals surface area (Å²) >= 11 is 8.77. The van der Waals surface area contributed by atoms with Crippen molar-refractivity contribution in [1.29, 1.82) is 0 Å². The first-order valence-corrected chi connectivity index (χ1v) is 19.0. The van der Waals surface area contributed by atoms with Crippen molar-refractivity contribution in [3.05, 3.63) is 178 Å². The van der Waals surface area contributed by atoms with Crippen LogP contribution in [0.1, 0.15) is 0 Å². The van der Waals surface area contributed by atoms with Crippen LogP contribution in [-0.4, -0.2) is 4.98 Å². The highest BCUT2D eigenvalue weighted by Crippen LogP contribution is 2.42. The van der Waals surface area contributed by atoms with E-state index in [1.165, 1.54) is 0 Å². The lowest BCUT2D eigenvalue weighted by Crippen LogP contribution is -2.07. The molecule has 0 bridgehead atoms. The molecule has 0 radical (unpaired) electrons. The highest BCUT2D eigenvalue weighted by molar-refractivity contribution is 9.11. The van der Waals surface area contributed by atoms with E-state index in [0.717, 1.165) is 16.9 Å². The summed E-state index contributed by atoms with van der Waals surface area (Å²) in [4.78, 5) is 4.30. The van der Waals surface area contributed by atoms with E-state index in [9.17, 15) is 70.2 Å². The molecule has 0 saturated carbocycles. The van der Waals surface area contributed by atoms with Crippen LogP contribution in [0.3, 0.4) is 0 Å². The van der Waals surface area contributed by atoms with Gasteiger partial charge in [-0.05, 0) is 75.9 Å². The molecule has 0 unspecified atom stereocenters. The van der Waals surface area contributed by atoms with Gasteiger partial charge in [-0.2, -0.15) is 0 Å². The van der Waals surface area contributed by atoms with E-state index >= 15 is 0 Å². The molecular weight excluding hydrogens is 1120 g/mol. The summed E-state index contributed by atoms with van der Waals surface area (Å²) in [7, 11) is 0. The summed E-state index contributed by atoms with van der Waals surface area (Å²) in [5.74, 6) is -32.4. The Bertz CT molecular complexity index is 2380. The first-order valence-electron chi connectivity index (χ1n) is 15.8. The lowest BCUT2D eigenvalue weighted by molar-refractivity contribution is 0.434. The van der Waals surface area contributed by atoms with Crippen molar-refractivity contribution in [2.24, 2.45) is 0 Å². The molecule has 7 rings (SSSR count). The van der Waals surface area contributed by atoms with Crippen LogP contribution in [0, 0.1) is 93.1 Å². The highest BCUT2D eigenvalue weighted by atomic mass is 79.9.